The molecule has 0 aliphatic heterocycles. The van der Waals surface area contributed by atoms with Crippen LogP contribution < -0.4 is 5.32 Å². The van der Waals surface area contributed by atoms with Crippen LogP contribution in [-0.4, -0.2) is 13.1 Å². The average Bonchev–Trinajstić information content (AvgIpc) is 3.14. The summed E-state index contributed by atoms with van der Waals surface area (Å²) < 4.78 is 0. The maximum absolute atomic E-state index is 3.90. The van der Waals surface area contributed by atoms with E-state index in [1.165, 1.54) is 38.8 Å². The third kappa shape index (κ3) is 1.99. The summed E-state index contributed by atoms with van der Waals surface area (Å²) in [5.41, 5.74) is 0. The Morgan fingerprint density at radius 1 is 0.684 bits per heavy atom. The number of hydrogen-bond acceptors (Lipinski definition) is 1. The van der Waals surface area contributed by atoms with Crippen LogP contribution in [0.15, 0.2) is 0 Å². The van der Waals surface area contributed by atoms with Gasteiger partial charge in [0.2, 0.25) is 0 Å². The molecule has 0 unspecified atom stereocenters. The van der Waals surface area contributed by atoms with Crippen LogP contribution in [0.5, 0.6) is 0 Å². The fraction of sp³-hybridized carbons (Fsp3) is 1.00. The van der Waals surface area contributed by atoms with Crippen molar-refractivity contribution in [3.63, 3.8) is 0 Å². The molecule has 0 saturated heterocycles. The molecule has 4 aliphatic carbocycles. The van der Waals surface area contributed by atoms with Crippen LogP contribution in [0.2, 0.25) is 0 Å². The lowest BCUT2D eigenvalue weighted by Crippen LogP contribution is -2.36. The topological polar surface area (TPSA) is 12.0 Å². The Balaban J connectivity index is 1.28. The van der Waals surface area contributed by atoms with Crippen LogP contribution in [0.3, 0.4) is 0 Å². The zero-order valence-corrected chi connectivity index (χ0v) is 12.8. The van der Waals surface area contributed by atoms with Crippen LogP contribution in [0, 0.1) is 47.3 Å². The predicted octanol–water partition coefficient (Wildman–Crippen LogP) is 3.94. The molecule has 0 aromatic rings. The maximum Gasteiger partial charge on any atom is -0.00151 e. The third-order valence-corrected chi connectivity index (χ3v) is 7.84. The molecule has 0 amide bonds. The maximum atomic E-state index is 3.90. The molecule has 8 atom stereocenters. The molecule has 0 aromatic carbocycles. The third-order valence-electron chi connectivity index (χ3n) is 7.84. The highest BCUT2D eigenvalue weighted by Crippen LogP contribution is 2.53. The van der Waals surface area contributed by atoms with Crippen molar-refractivity contribution in [1.29, 1.82) is 0 Å². The van der Waals surface area contributed by atoms with Gasteiger partial charge in [-0.15, -0.1) is 0 Å². The molecule has 1 heteroatoms. The molecule has 0 radical (unpaired) electrons. The highest BCUT2D eigenvalue weighted by molar-refractivity contribution is 4.97. The smallest absolute Gasteiger partial charge is 0.00151 e. The summed E-state index contributed by atoms with van der Waals surface area (Å²) in [5.74, 6) is 8.33. The molecule has 1 nitrogen and oxygen atoms in total. The molecule has 0 aromatic heterocycles. The van der Waals surface area contributed by atoms with E-state index in [2.05, 4.69) is 19.2 Å². The van der Waals surface area contributed by atoms with E-state index in [1.807, 2.05) is 0 Å². The summed E-state index contributed by atoms with van der Waals surface area (Å²) >= 11 is 0. The van der Waals surface area contributed by atoms with Crippen molar-refractivity contribution in [3.05, 3.63) is 0 Å². The van der Waals surface area contributed by atoms with E-state index in [4.69, 9.17) is 0 Å². The number of hydrogen-bond donors (Lipinski definition) is 1. The van der Waals surface area contributed by atoms with Crippen molar-refractivity contribution in [2.45, 2.75) is 52.4 Å². The summed E-state index contributed by atoms with van der Waals surface area (Å²) in [4.78, 5) is 0. The normalized spacial score (nSPS) is 55.3. The lowest BCUT2D eigenvalue weighted by atomic mass is 9.79. The van der Waals surface area contributed by atoms with E-state index in [0.717, 1.165) is 47.3 Å². The number of fused-ring (bicyclic) bond motifs is 4. The van der Waals surface area contributed by atoms with Gasteiger partial charge in [-0.25, -0.2) is 0 Å². The molecule has 0 heterocycles. The van der Waals surface area contributed by atoms with E-state index in [-0.39, 0.29) is 0 Å². The quantitative estimate of drug-likeness (QED) is 0.808. The van der Waals surface area contributed by atoms with Gasteiger partial charge in [0.25, 0.3) is 0 Å². The van der Waals surface area contributed by atoms with Crippen LogP contribution in [-0.2, 0) is 0 Å². The zero-order chi connectivity index (χ0) is 13.0. The molecular weight excluding hydrogens is 230 g/mol. The van der Waals surface area contributed by atoms with Crippen molar-refractivity contribution in [1.82, 2.24) is 5.32 Å². The van der Waals surface area contributed by atoms with Crippen molar-refractivity contribution < 1.29 is 0 Å². The first-order valence-corrected chi connectivity index (χ1v) is 8.94. The fourth-order valence-corrected chi connectivity index (χ4v) is 6.52. The molecule has 4 rings (SSSR count). The molecular formula is C18H31N. The van der Waals surface area contributed by atoms with Gasteiger partial charge in [0.05, 0.1) is 0 Å². The lowest BCUT2D eigenvalue weighted by molar-refractivity contribution is 0.202. The zero-order valence-electron chi connectivity index (χ0n) is 12.8. The Bertz CT molecular complexity index is 303. The van der Waals surface area contributed by atoms with Crippen molar-refractivity contribution in [3.8, 4) is 0 Å². The Morgan fingerprint density at radius 2 is 1.11 bits per heavy atom. The van der Waals surface area contributed by atoms with E-state index >= 15 is 0 Å². The summed E-state index contributed by atoms with van der Waals surface area (Å²) in [6, 6.07) is 0. The minimum atomic E-state index is 1.00. The van der Waals surface area contributed by atoms with Gasteiger partial charge in [-0.3, -0.25) is 0 Å². The van der Waals surface area contributed by atoms with Gasteiger partial charge in [-0.05, 0) is 99.0 Å². The average molecular weight is 261 g/mol. The van der Waals surface area contributed by atoms with Gasteiger partial charge in [-0.2, -0.15) is 0 Å². The molecule has 0 spiro atoms. The molecule has 4 bridgehead atoms. The minimum Gasteiger partial charge on any atom is -0.316 e. The van der Waals surface area contributed by atoms with Crippen LogP contribution in [0.4, 0.5) is 0 Å². The van der Waals surface area contributed by atoms with Crippen molar-refractivity contribution in [2.24, 2.45) is 47.3 Å². The van der Waals surface area contributed by atoms with E-state index < -0.39 is 0 Å². The molecule has 19 heavy (non-hydrogen) atoms. The minimum absolute atomic E-state index is 1.00. The highest BCUT2D eigenvalue weighted by Gasteiger charge is 2.46. The first-order chi connectivity index (χ1) is 9.24. The number of nitrogens with one attached hydrogen (secondary N) is 1. The standard InChI is InChI=1S/C18H31N/c1-11-13-3-5-15(7-13)17(11)9-19-10-18-12(2)14-4-6-16(18)8-14/h11-19H,3-10H2,1-2H3/t11-,12+,13-,14-,15-,16-,17+,18+/m0/s1. The fourth-order valence-electron chi connectivity index (χ4n) is 6.52. The van der Waals surface area contributed by atoms with Gasteiger partial charge in [0.1, 0.15) is 0 Å². The van der Waals surface area contributed by atoms with E-state index in [1.54, 1.807) is 12.8 Å². The van der Waals surface area contributed by atoms with Crippen LogP contribution >= 0.6 is 0 Å². The van der Waals surface area contributed by atoms with Crippen molar-refractivity contribution >= 4 is 0 Å². The van der Waals surface area contributed by atoms with E-state index in [0.29, 0.717) is 0 Å². The first kappa shape index (κ1) is 12.7. The first-order valence-electron chi connectivity index (χ1n) is 8.94. The Hall–Kier alpha value is -0.0400. The second kappa shape index (κ2) is 4.76. The van der Waals surface area contributed by atoms with Crippen LogP contribution in [0.25, 0.3) is 0 Å². The summed E-state index contributed by atoms with van der Waals surface area (Å²) in [7, 11) is 0. The van der Waals surface area contributed by atoms with Gasteiger partial charge in [0.15, 0.2) is 0 Å². The molecule has 1 N–H and O–H groups in total. The predicted molar refractivity (Wildman–Crippen MR) is 79.8 cm³/mol. The SMILES string of the molecule is C[C@@H]1[C@H]2CC[C@@H](C2)[C@@H]1CNC[C@H]1[C@H]2CC[C@@H](C2)[C@@H]1C. The van der Waals surface area contributed by atoms with E-state index in [9.17, 15) is 0 Å². The Labute approximate surface area is 118 Å². The summed E-state index contributed by atoms with van der Waals surface area (Å²) in [6.07, 6.45) is 9.24. The Morgan fingerprint density at radius 3 is 1.47 bits per heavy atom. The van der Waals surface area contributed by atoms with Gasteiger partial charge >= 0.3 is 0 Å². The molecule has 4 aliphatic rings. The monoisotopic (exact) mass is 261 g/mol. The molecule has 4 saturated carbocycles. The Kier molecular flexibility index (Phi) is 3.17. The highest BCUT2D eigenvalue weighted by atomic mass is 14.9. The second-order valence-electron chi connectivity index (χ2n) is 8.37. The summed E-state index contributed by atoms with van der Waals surface area (Å²) in [6.45, 7) is 7.69. The number of rotatable bonds is 4. The van der Waals surface area contributed by atoms with Gasteiger partial charge in [0, 0.05) is 0 Å². The van der Waals surface area contributed by atoms with Crippen LogP contribution in [0.1, 0.15) is 52.4 Å². The van der Waals surface area contributed by atoms with Crippen molar-refractivity contribution in [2.75, 3.05) is 13.1 Å². The summed E-state index contributed by atoms with van der Waals surface area (Å²) in [5, 5.41) is 3.90. The lowest BCUT2D eigenvalue weighted by Gasteiger charge is -2.32. The molecule has 4 fully saturated rings. The second-order valence-corrected chi connectivity index (χ2v) is 8.37. The van der Waals surface area contributed by atoms with Gasteiger partial charge < -0.3 is 5.32 Å². The van der Waals surface area contributed by atoms with Gasteiger partial charge in [-0.1, -0.05) is 13.8 Å². The largest absolute Gasteiger partial charge is 0.316 e. The molecule has 108 valence electrons.